The Morgan fingerprint density at radius 3 is 2.28 bits per heavy atom. The minimum absolute atomic E-state index is 0.0460. The average Bonchev–Trinajstić information content (AvgIpc) is 2.62. The fraction of sp³-hybridized carbons (Fsp3) is 0.579. The molecule has 0 bridgehead atoms. The van der Waals surface area contributed by atoms with Gasteiger partial charge in [0, 0.05) is 32.7 Å². The van der Waals surface area contributed by atoms with Gasteiger partial charge in [0.2, 0.25) is 11.8 Å². The van der Waals surface area contributed by atoms with Crippen molar-refractivity contribution in [2.45, 2.75) is 39.8 Å². The zero-order chi connectivity index (χ0) is 18.8. The first-order chi connectivity index (χ1) is 11.9. The molecule has 6 nitrogen and oxygen atoms in total. The number of nitrogens with one attached hydrogen (secondary N) is 1. The van der Waals surface area contributed by atoms with Crippen molar-refractivity contribution in [3.05, 3.63) is 29.8 Å². The number of benzene rings is 1. The van der Waals surface area contributed by atoms with Gasteiger partial charge in [0.15, 0.2) is 0 Å². The third kappa shape index (κ3) is 6.74. The summed E-state index contributed by atoms with van der Waals surface area (Å²) in [5.74, 6) is 0.380. The second kappa shape index (κ2) is 10.7. The van der Waals surface area contributed by atoms with Gasteiger partial charge < -0.3 is 19.7 Å². The summed E-state index contributed by atoms with van der Waals surface area (Å²) in [6, 6.07) is 6.97. The van der Waals surface area contributed by atoms with E-state index < -0.39 is 6.04 Å². The lowest BCUT2D eigenvalue weighted by atomic mass is 10.1. The fourth-order valence-corrected chi connectivity index (χ4v) is 2.38. The van der Waals surface area contributed by atoms with Crippen LogP contribution >= 0.6 is 0 Å². The number of carbonyl (C=O) groups excluding carboxylic acids is 2. The van der Waals surface area contributed by atoms with Crippen molar-refractivity contribution in [1.82, 2.24) is 10.2 Å². The van der Waals surface area contributed by atoms with Crippen LogP contribution in [0.25, 0.3) is 0 Å². The number of nitrogens with zero attached hydrogens (tertiary/aromatic N) is 1. The SMILES string of the molecule is COCCCNC(=O)[C@H](C)N(Cc1ccc(OC)cc1)C(=O)C(C)C. The van der Waals surface area contributed by atoms with Crippen molar-refractivity contribution in [3.63, 3.8) is 0 Å². The lowest BCUT2D eigenvalue weighted by molar-refractivity contribution is -0.143. The molecule has 0 saturated heterocycles. The summed E-state index contributed by atoms with van der Waals surface area (Å²) >= 11 is 0. The first-order valence-electron chi connectivity index (χ1n) is 8.60. The maximum atomic E-state index is 12.6. The van der Waals surface area contributed by atoms with E-state index in [2.05, 4.69) is 5.32 Å². The number of hydrogen-bond acceptors (Lipinski definition) is 4. The van der Waals surface area contributed by atoms with Crippen LogP contribution < -0.4 is 10.1 Å². The van der Waals surface area contributed by atoms with Crippen LogP contribution in [-0.4, -0.2) is 50.1 Å². The molecule has 1 atom stereocenters. The highest BCUT2D eigenvalue weighted by molar-refractivity contribution is 5.88. The summed E-state index contributed by atoms with van der Waals surface area (Å²) in [7, 11) is 3.24. The predicted molar refractivity (Wildman–Crippen MR) is 97.3 cm³/mol. The van der Waals surface area contributed by atoms with Crippen LogP contribution in [0.4, 0.5) is 0 Å². The van der Waals surface area contributed by atoms with E-state index in [9.17, 15) is 9.59 Å². The summed E-state index contributed by atoms with van der Waals surface area (Å²) in [5.41, 5.74) is 0.953. The summed E-state index contributed by atoms with van der Waals surface area (Å²) in [6.07, 6.45) is 0.742. The van der Waals surface area contributed by atoms with Crippen molar-refractivity contribution in [2.75, 3.05) is 27.4 Å². The van der Waals surface area contributed by atoms with Gasteiger partial charge in [-0.15, -0.1) is 0 Å². The first-order valence-corrected chi connectivity index (χ1v) is 8.60. The van der Waals surface area contributed by atoms with E-state index >= 15 is 0 Å². The minimum Gasteiger partial charge on any atom is -0.497 e. The molecule has 1 N–H and O–H groups in total. The molecule has 0 saturated carbocycles. The van der Waals surface area contributed by atoms with Crippen molar-refractivity contribution < 1.29 is 19.1 Å². The molecule has 0 radical (unpaired) electrons. The van der Waals surface area contributed by atoms with Gasteiger partial charge in [-0.1, -0.05) is 26.0 Å². The Hall–Kier alpha value is -2.08. The minimum atomic E-state index is -0.542. The number of amides is 2. The van der Waals surface area contributed by atoms with Crippen LogP contribution in [0.2, 0.25) is 0 Å². The summed E-state index contributed by atoms with van der Waals surface area (Å²) in [6.45, 7) is 6.95. The maximum absolute atomic E-state index is 12.6. The predicted octanol–water partition coefficient (Wildman–Crippen LogP) is 2.22. The highest BCUT2D eigenvalue weighted by atomic mass is 16.5. The quantitative estimate of drug-likeness (QED) is 0.657. The van der Waals surface area contributed by atoms with Crippen molar-refractivity contribution in [2.24, 2.45) is 5.92 Å². The highest BCUT2D eigenvalue weighted by Crippen LogP contribution is 2.16. The molecule has 1 aromatic rings. The number of hydrogen-bond donors (Lipinski definition) is 1. The van der Waals surface area contributed by atoms with Gasteiger partial charge in [0.05, 0.1) is 7.11 Å². The van der Waals surface area contributed by atoms with Gasteiger partial charge >= 0.3 is 0 Å². The number of rotatable bonds is 10. The van der Waals surface area contributed by atoms with Crippen molar-refractivity contribution >= 4 is 11.8 Å². The smallest absolute Gasteiger partial charge is 0.242 e. The Labute approximate surface area is 150 Å². The molecular formula is C19H30N2O4. The summed E-state index contributed by atoms with van der Waals surface area (Å²) in [4.78, 5) is 26.6. The van der Waals surface area contributed by atoms with E-state index in [0.717, 1.165) is 17.7 Å². The molecule has 1 rings (SSSR count). The molecule has 0 aliphatic heterocycles. The maximum Gasteiger partial charge on any atom is 0.242 e. The molecule has 0 aliphatic carbocycles. The number of methoxy groups -OCH3 is 2. The van der Waals surface area contributed by atoms with Crippen LogP contribution in [-0.2, 0) is 20.9 Å². The van der Waals surface area contributed by atoms with Gasteiger partial charge in [0.1, 0.15) is 11.8 Å². The molecule has 6 heteroatoms. The Kier molecular flexibility index (Phi) is 8.99. The van der Waals surface area contributed by atoms with E-state index in [1.165, 1.54) is 0 Å². The zero-order valence-electron chi connectivity index (χ0n) is 15.9. The molecule has 25 heavy (non-hydrogen) atoms. The van der Waals surface area contributed by atoms with Crippen LogP contribution in [0.5, 0.6) is 5.75 Å². The Bertz CT molecular complexity index is 543. The van der Waals surface area contributed by atoms with Crippen LogP contribution in [0.15, 0.2) is 24.3 Å². The van der Waals surface area contributed by atoms with Gasteiger partial charge in [0.25, 0.3) is 0 Å². The Morgan fingerprint density at radius 2 is 1.76 bits per heavy atom. The standard InChI is InChI=1S/C19H30N2O4/c1-14(2)19(23)21(13-16-7-9-17(25-5)10-8-16)15(3)18(22)20-11-6-12-24-4/h7-10,14-15H,6,11-13H2,1-5H3,(H,20,22)/t15-/m0/s1. The molecule has 0 unspecified atom stereocenters. The molecule has 2 amide bonds. The first kappa shape index (κ1) is 21.0. The van der Waals surface area contributed by atoms with Gasteiger partial charge in [-0.2, -0.15) is 0 Å². The van der Waals surface area contributed by atoms with Gasteiger partial charge in [-0.3, -0.25) is 9.59 Å². The van der Waals surface area contributed by atoms with E-state index in [1.54, 1.807) is 26.0 Å². The van der Waals surface area contributed by atoms with Gasteiger partial charge in [-0.25, -0.2) is 0 Å². The lowest BCUT2D eigenvalue weighted by Crippen LogP contribution is -2.49. The third-order valence-electron chi connectivity index (χ3n) is 3.96. The molecule has 140 valence electrons. The highest BCUT2D eigenvalue weighted by Gasteiger charge is 2.27. The molecule has 0 aromatic heterocycles. The molecule has 0 fully saturated rings. The lowest BCUT2D eigenvalue weighted by Gasteiger charge is -2.30. The van der Waals surface area contributed by atoms with Crippen LogP contribution in [0.3, 0.4) is 0 Å². The largest absolute Gasteiger partial charge is 0.497 e. The Balaban J connectivity index is 2.80. The zero-order valence-corrected chi connectivity index (χ0v) is 15.9. The fourth-order valence-electron chi connectivity index (χ4n) is 2.38. The molecule has 0 aliphatic rings. The topological polar surface area (TPSA) is 67.9 Å². The summed E-state index contributed by atoms with van der Waals surface area (Å²) in [5, 5.41) is 2.86. The van der Waals surface area contributed by atoms with Crippen LogP contribution in [0, 0.1) is 5.92 Å². The van der Waals surface area contributed by atoms with E-state index in [0.29, 0.717) is 19.7 Å². The molecule has 0 spiro atoms. The van der Waals surface area contributed by atoms with Crippen LogP contribution in [0.1, 0.15) is 32.8 Å². The molecule has 1 aromatic carbocycles. The second-order valence-electron chi connectivity index (χ2n) is 6.28. The number of carbonyl (C=O) groups is 2. The Morgan fingerprint density at radius 1 is 1.12 bits per heavy atom. The number of ether oxygens (including phenoxy) is 2. The monoisotopic (exact) mass is 350 g/mol. The third-order valence-corrected chi connectivity index (χ3v) is 3.96. The molecule has 0 heterocycles. The van der Waals surface area contributed by atoms with E-state index in [-0.39, 0.29) is 17.7 Å². The second-order valence-corrected chi connectivity index (χ2v) is 6.28. The molecular weight excluding hydrogens is 320 g/mol. The van der Waals surface area contributed by atoms with Gasteiger partial charge in [-0.05, 0) is 31.0 Å². The van der Waals surface area contributed by atoms with E-state index in [4.69, 9.17) is 9.47 Å². The average molecular weight is 350 g/mol. The van der Waals surface area contributed by atoms with Crippen molar-refractivity contribution in [3.8, 4) is 5.75 Å². The van der Waals surface area contributed by atoms with Crippen molar-refractivity contribution in [1.29, 1.82) is 0 Å². The van der Waals surface area contributed by atoms with E-state index in [1.807, 2.05) is 38.1 Å². The summed E-state index contributed by atoms with van der Waals surface area (Å²) < 4.78 is 10.1. The normalized spacial score (nSPS) is 11.9.